The zero-order valence-corrected chi connectivity index (χ0v) is 14.8. The van der Waals surface area contributed by atoms with Crippen molar-refractivity contribution < 1.29 is 14.8 Å². The first-order chi connectivity index (χ1) is 12.5. The van der Waals surface area contributed by atoms with Gasteiger partial charge < -0.3 is 5.11 Å². The first kappa shape index (κ1) is 17.6. The van der Waals surface area contributed by atoms with Crippen molar-refractivity contribution in [1.29, 1.82) is 0 Å². The van der Waals surface area contributed by atoms with Crippen LogP contribution in [0, 0.1) is 10.1 Å². The van der Waals surface area contributed by atoms with Crippen molar-refractivity contribution in [2.45, 2.75) is 0 Å². The Morgan fingerprint density at radius 2 is 1.92 bits per heavy atom. The fourth-order valence-corrected chi connectivity index (χ4v) is 2.95. The second-order valence-corrected chi connectivity index (χ2v) is 6.26. The van der Waals surface area contributed by atoms with Crippen LogP contribution in [0.2, 0.25) is 0 Å². The average molecular weight is 414 g/mol. The number of phenols is 1. The number of aromatic hydroxyl groups is 1. The van der Waals surface area contributed by atoms with E-state index in [2.05, 4.69) is 26.5 Å². The molecular weight excluding hydrogens is 402 g/mol. The van der Waals surface area contributed by atoms with Crippen molar-refractivity contribution in [2.24, 2.45) is 5.10 Å². The lowest BCUT2D eigenvalue weighted by atomic mass is 10.0. The Morgan fingerprint density at radius 3 is 2.69 bits per heavy atom. The third-order valence-corrected chi connectivity index (χ3v) is 4.14. The van der Waals surface area contributed by atoms with Crippen LogP contribution in [0.4, 0.5) is 5.69 Å². The van der Waals surface area contributed by atoms with Gasteiger partial charge in [0.1, 0.15) is 0 Å². The molecule has 2 N–H and O–H groups in total. The summed E-state index contributed by atoms with van der Waals surface area (Å²) in [5.41, 5.74) is 2.46. The molecule has 3 rings (SSSR count). The Hall–Kier alpha value is -3.26. The van der Waals surface area contributed by atoms with Crippen molar-refractivity contribution in [3.63, 3.8) is 0 Å². The van der Waals surface area contributed by atoms with E-state index >= 15 is 0 Å². The standard InChI is InChI=1S/C18H12BrN3O4/c19-13-8-12(17(23)16(9-13)22(25)26)10-20-21-18(24)15-7-3-5-11-4-1-2-6-14(11)15/h1-10,23H,(H,21,24)/b20-10-. The van der Waals surface area contributed by atoms with Crippen molar-refractivity contribution in [1.82, 2.24) is 5.43 Å². The minimum atomic E-state index is -0.702. The topological polar surface area (TPSA) is 105 Å². The van der Waals surface area contributed by atoms with Crippen LogP contribution < -0.4 is 5.43 Å². The molecule has 0 saturated heterocycles. The van der Waals surface area contributed by atoms with Crippen molar-refractivity contribution in [2.75, 3.05) is 0 Å². The molecule has 0 atom stereocenters. The minimum absolute atomic E-state index is 0.101. The SMILES string of the molecule is O=C(N/N=C\c1cc(Br)cc([N+](=O)[O-])c1O)c1cccc2ccccc12. The zero-order valence-electron chi connectivity index (χ0n) is 13.2. The highest BCUT2D eigenvalue weighted by Crippen LogP contribution is 2.32. The third kappa shape index (κ3) is 3.55. The highest BCUT2D eigenvalue weighted by Gasteiger charge is 2.17. The summed E-state index contributed by atoms with van der Waals surface area (Å²) in [6.45, 7) is 0. The number of nitrogens with one attached hydrogen (secondary N) is 1. The number of nitro benzene ring substituents is 1. The summed E-state index contributed by atoms with van der Waals surface area (Å²) in [6.07, 6.45) is 1.15. The van der Waals surface area contributed by atoms with Crippen molar-refractivity contribution >= 4 is 44.5 Å². The van der Waals surface area contributed by atoms with Gasteiger partial charge >= 0.3 is 5.69 Å². The molecule has 0 bridgehead atoms. The molecule has 0 radical (unpaired) electrons. The number of phenolic OH excluding ortho intramolecular Hbond substituents is 1. The van der Waals surface area contributed by atoms with Gasteiger partial charge in [0.2, 0.25) is 5.75 Å². The van der Waals surface area contributed by atoms with Gasteiger partial charge in [0.25, 0.3) is 5.91 Å². The molecule has 3 aromatic carbocycles. The normalized spacial score (nSPS) is 11.0. The molecule has 0 spiro atoms. The average Bonchev–Trinajstić information content (AvgIpc) is 2.63. The maximum atomic E-state index is 12.4. The Bertz CT molecular complexity index is 1040. The number of benzene rings is 3. The second-order valence-electron chi connectivity index (χ2n) is 5.35. The molecule has 0 aliphatic rings. The number of nitrogens with zero attached hydrogens (tertiary/aromatic N) is 2. The number of halogens is 1. The number of hydrogen-bond donors (Lipinski definition) is 2. The van der Waals surface area contributed by atoms with E-state index in [0.717, 1.165) is 17.0 Å². The van der Waals surface area contributed by atoms with Crippen LogP contribution in [-0.2, 0) is 0 Å². The fourth-order valence-electron chi connectivity index (χ4n) is 2.49. The van der Waals surface area contributed by atoms with E-state index in [4.69, 9.17) is 0 Å². The lowest BCUT2D eigenvalue weighted by Gasteiger charge is -2.05. The van der Waals surface area contributed by atoms with Crippen LogP contribution in [0.5, 0.6) is 5.75 Å². The molecule has 130 valence electrons. The van der Waals surface area contributed by atoms with Crippen molar-refractivity contribution in [3.05, 3.63) is 80.3 Å². The summed E-state index contributed by atoms with van der Waals surface area (Å²) < 4.78 is 0.406. The molecule has 0 aliphatic carbocycles. The number of carbonyl (C=O) groups is 1. The van der Waals surface area contributed by atoms with Gasteiger partial charge in [-0.15, -0.1) is 0 Å². The minimum Gasteiger partial charge on any atom is -0.502 e. The predicted octanol–water partition coefficient (Wildman–Crippen LogP) is 3.98. The van der Waals surface area contributed by atoms with E-state index in [1.807, 2.05) is 30.3 Å². The molecule has 26 heavy (non-hydrogen) atoms. The smallest absolute Gasteiger partial charge is 0.312 e. The number of hydrogen-bond acceptors (Lipinski definition) is 5. The lowest BCUT2D eigenvalue weighted by Crippen LogP contribution is -2.17. The van der Waals surface area contributed by atoms with E-state index in [1.54, 1.807) is 12.1 Å². The third-order valence-electron chi connectivity index (χ3n) is 3.68. The number of hydrazone groups is 1. The van der Waals surface area contributed by atoms with Crippen molar-refractivity contribution in [3.8, 4) is 5.75 Å². The van der Waals surface area contributed by atoms with Crippen LogP contribution in [0.1, 0.15) is 15.9 Å². The molecule has 0 unspecified atom stereocenters. The lowest BCUT2D eigenvalue weighted by molar-refractivity contribution is -0.385. The van der Waals surface area contributed by atoms with E-state index in [-0.39, 0.29) is 5.56 Å². The molecule has 0 fully saturated rings. The number of nitro groups is 1. The first-order valence-electron chi connectivity index (χ1n) is 7.45. The predicted molar refractivity (Wildman–Crippen MR) is 101 cm³/mol. The molecule has 0 aromatic heterocycles. The summed E-state index contributed by atoms with van der Waals surface area (Å²) in [5.74, 6) is -0.955. The van der Waals surface area contributed by atoms with Gasteiger partial charge in [0.15, 0.2) is 0 Å². The molecule has 0 aliphatic heterocycles. The van der Waals surface area contributed by atoms with Crippen LogP contribution in [0.3, 0.4) is 0 Å². The maximum Gasteiger partial charge on any atom is 0.312 e. The van der Waals surface area contributed by atoms with Gasteiger partial charge in [-0.25, -0.2) is 5.43 Å². The number of carbonyl (C=O) groups excluding carboxylic acids is 1. The van der Waals surface area contributed by atoms with E-state index in [0.29, 0.717) is 10.0 Å². The number of fused-ring (bicyclic) bond motifs is 1. The summed E-state index contributed by atoms with van der Waals surface area (Å²) >= 11 is 3.14. The van der Waals surface area contributed by atoms with E-state index in [9.17, 15) is 20.0 Å². The van der Waals surface area contributed by atoms with Crippen LogP contribution in [0.15, 0.2) is 64.2 Å². The van der Waals surface area contributed by atoms with Gasteiger partial charge in [-0.1, -0.05) is 52.3 Å². The van der Waals surface area contributed by atoms with E-state index in [1.165, 1.54) is 12.1 Å². The molecule has 0 heterocycles. The van der Waals surface area contributed by atoms with Gasteiger partial charge in [-0.05, 0) is 22.9 Å². The Kier molecular flexibility index (Phi) is 4.94. The van der Waals surface area contributed by atoms with Crippen LogP contribution >= 0.6 is 15.9 Å². The highest BCUT2D eigenvalue weighted by atomic mass is 79.9. The van der Waals surface area contributed by atoms with Gasteiger partial charge in [0.05, 0.1) is 11.1 Å². The van der Waals surface area contributed by atoms with Crippen LogP contribution in [0.25, 0.3) is 10.8 Å². The van der Waals surface area contributed by atoms with Gasteiger partial charge in [0, 0.05) is 21.7 Å². The molecule has 0 saturated carbocycles. The number of rotatable bonds is 4. The molecule has 7 nitrogen and oxygen atoms in total. The Morgan fingerprint density at radius 1 is 1.19 bits per heavy atom. The molecular formula is C18H12BrN3O4. The maximum absolute atomic E-state index is 12.4. The Labute approximate surface area is 156 Å². The molecule has 3 aromatic rings. The fraction of sp³-hybridized carbons (Fsp3) is 0. The monoisotopic (exact) mass is 413 g/mol. The summed E-state index contributed by atoms with van der Waals surface area (Å²) in [4.78, 5) is 22.6. The molecule has 8 heteroatoms. The Balaban J connectivity index is 1.85. The molecule has 1 amide bonds. The highest BCUT2D eigenvalue weighted by molar-refractivity contribution is 9.10. The number of amides is 1. The summed E-state index contributed by atoms with van der Waals surface area (Å²) in [5, 5.41) is 26.4. The summed E-state index contributed by atoms with van der Waals surface area (Å²) in [7, 11) is 0. The first-order valence-corrected chi connectivity index (χ1v) is 8.25. The quantitative estimate of drug-likeness (QED) is 0.383. The summed E-state index contributed by atoms with van der Waals surface area (Å²) in [6, 6.07) is 15.4. The van der Waals surface area contributed by atoms with E-state index < -0.39 is 22.3 Å². The van der Waals surface area contributed by atoms with Crippen LogP contribution in [-0.4, -0.2) is 22.2 Å². The largest absolute Gasteiger partial charge is 0.502 e. The van der Waals surface area contributed by atoms with Gasteiger partial charge in [-0.3, -0.25) is 14.9 Å². The zero-order chi connectivity index (χ0) is 18.7. The van der Waals surface area contributed by atoms with Gasteiger partial charge in [-0.2, -0.15) is 5.10 Å². The second kappa shape index (κ2) is 7.32.